The monoisotopic (exact) mass is 411 g/mol. The Hall–Kier alpha value is -2.87. The maximum absolute atomic E-state index is 13.2. The van der Waals surface area contributed by atoms with Crippen LogP contribution in [0.4, 0.5) is 0 Å². The maximum atomic E-state index is 13.2. The van der Waals surface area contributed by atoms with Gasteiger partial charge in [-0.15, -0.1) is 21.5 Å². The highest BCUT2D eigenvalue weighted by Crippen LogP contribution is 2.35. The molecule has 7 nitrogen and oxygen atoms in total. The Morgan fingerprint density at radius 2 is 1.97 bits per heavy atom. The number of benzene rings is 1. The van der Waals surface area contributed by atoms with E-state index in [1.54, 1.807) is 11.3 Å². The first-order valence-corrected chi connectivity index (χ1v) is 10.7. The minimum atomic E-state index is -0.659. The third-order valence-corrected chi connectivity index (χ3v) is 6.20. The Kier molecular flexibility index (Phi) is 4.71. The maximum Gasteiger partial charge on any atom is 0.267 e. The number of piperidine rings is 1. The summed E-state index contributed by atoms with van der Waals surface area (Å²) in [5.41, 5.74) is 0. The van der Waals surface area contributed by atoms with E-state index in [2.05, 4.69) is 10.2 Å². The number of hydrogen-bond donors (Lipinski definition) is 0. The average molecular weight is 411 g/mol. The summed E-state index contributed by atoms with van der Waals surface area (Å²) in [4.78, 5) is 16.0. The molecule has 3 aromatic rings. The molecule has 2 aliphatic rings. The summed E-state index contributed by atoms with van der Waals surface area (Å²) >= 11 is 1.56. The van der Waals surface area contributed by atoms with Gasteiger partial charge in [0.05, 0.1) is 10.8 Å². The van der Waals surface area contributed by atoms with Gasteiger partial charge in [0.25, 0.3) is 11.8 Å². The fourth-order valence-corrected chi connectivity index (χ4v) is 4.49. The van der Waals surface area contributed by atoms with E-state index in [1.165, 1.54) is 0 Å². The standard InChI is InChI=1S/C21H21N3O4S/c1-13-18(27-16-8-3-2-7-15(16)26-13)21(25)24-10-4-6-14(12-24)19-22-23-20(28-19)17-9-5-11-29-17/h2-3,5,7-9,11,13-14,18H,4,6,10,12H2,1H3. The third kappa shape index (κ3) is 3.48. The second-order valence-electron chi connectivity index (χ2n) is 7.35. The molecule has 1 fully saturated rings. The number of aromatic nitrogens is 2. The molecular weight excluding hydrogens is 390 g/mol. The van der Waals surface area contributed by atoms with Crippen LogP contribution in [-0.4, -0.2) is 46.3 Å². The summed E-state index contributed by atoms with van der Waals surface area (Å²) in [5.74, 6) is 2.37. The molecule has 8 heteroatoms. The molecule has 0 radical (unpaired) electrons. The van der Waals surface area contributed by atoms with Gasteiger partial charge in [-0.1, -0.05) is 18.2 Å². The number of amides is 1. The van der Waals surface area contributed by atoms with Crippen molar-refractivity contribution in [3.05, 3.63) is 47.7 Å². The van der Waals surface area contributed by atoms with Crippen LogP contribution in [0.25, 0.3) is 10.8 Å². The summed E-state index contributed by atoms with van der Waals surface area (Å²) in [6, 6.07) is 11.3. The molecule has 1 saturated heterocycles. The lowest BCUT2D eigenvalue weighted by Gasteiger charge is -2.37. The fourth-order valence-electron chi connectivity index (χ4n) is 3.85. The van der Waals surface area contributed by atoms with Crippen molar-refractivity contribution in [1.82, 2.24) is 15.1 Å². The van der Waals surface area contributed by atoms with Gasteiger partial charge in [-0.2, -0.15) is 0 Å². The van der Waals surface area contributed by atoms with Gasteiger partial charge >= 0.3 is 0 Å². The van der Waals surface area contributed by atoms with Gasteiger partial charge in [0.1, 0.15) is 6.10 Å². The molecule has 0 aliphatic carbocycles. The lowest BCUT2D eigenvalue weighted by atomic mass is 9.97. The van der Waals surface area contributed by atoms with Crippen LogP contribution in [0.15, 0.2) is 46.2 Å². The van der Waals surface area contributed by atoms with Crippen LogP contribution >= 0.6 is 11.3 Å². The van der Waals surface area contributed by atoms with Crippen molar-refractivity contribution in [2.45, 2.75) is 37.9 Å². The van der Waals surface area contributed by atoms with Gasteiger partial charge in [0, 0.05) is 13.1 Å². The minimum Gasteiger partial charge on any atom is -0.482 e. The first kappa shape index (κ1) is 18.2. The molecule has 0 bridgehead atoms. The van der Waals surface area contributed by atoms with Crippen molar-refractivity contribution in [3.8, 4) is 22.3 Å². The highest BCUT2D eigenvalue weighted by atomic mass is 32.1. The van der Waals surface area contributed by atoms with Gasteiger partial charge in [0.2, 0.25) is 12.0 Å². The van der Waals surface area contributed by atoms with E-state index in [1.807, 2.05) is 53.6 Å². The van der Waals surface area contributed by atoms with Crippen LogP contribution in [0.3, 0.4) is 0 Å². The molecule has 0 saturated carbocycles. The number of carbonyl (C=O) groups is 1. The second kappa shape index (κ2) is 7.51. The Morgan fingerprint density at radius 3 is 2.76 bits per heavy atom. The summed E-state index contributed by atoms with van der Waals surface area (Å²) in [6.45, 7) is 3.10. The number of hydrogen-bond acceptors (Lipinski definition) is 7. The quantitative estimate of drug-likeness (QED) is 0.654. The summed E-state index contributed by atoms with van der Waals surface area (Å²) in [5, 5.41) is 10.4. The Morgan fingerprint density at radius 1 is 1.14 bits per heavy atom. The van der Waals surface area contributed by atoms with Gasteiger partial charge in [-0.3, -0.25) is 4.79 Å². The molecule has 0 spiro atoms. The zero-order chi connectivity index (χ0) is 19.8. The molecule has 2 aliphatic heterocycles. The molecule has 0 N–H and O–H groups in total. The second-order valence-corrected chi connectivity index (χ2v) is 8.30. The van der Waals surface area contributed by atoms with Crippen molar-refractivity contribution < 1.29 is 18.7 Å². The lowest BCUT2D eigenvalue weighted by Crippen LogP contribution is -2.52. The zero-order valence-electron chi connectivity index (χ0n) is 16.0. The van der Waals surface area contributed by atoms with Crippen LogP contribution in [0.2, 0.25) is 0 Å². The minimum absolute atomic E-state index is 0.0287. The largest absolute Gasteiger partial charge is 0.482 e. The predicted octanol–water partition coefficient (Wildman–Crippen LogP) is 3.73. The van der Waals surface area contributed by atoms with Crippen LogP contribution in [0.5, 0.6) is 11.5 Å². The van der Waals surface area contributed by atoms with Crippen LogP contribution in [0.1, 0.15) is 31.6 Å². The van der Waals surface area contributed by atoms with E-state index in [-0.39, 0.29) is 17.9 Å². The van der Waals surface area contributed by atoms with E-state index in [4.69, 9.17) is 13.9 Å². The van der Waals surface area contributed by atoms with Crippen molar-refractivity contribution in [2.75, 3.05) is 13.1 Å². The molecule has 150 valence electrons. The molecule has 1 amide bonds. The molecule has 3 unspecified atom stereocenters. The van der Waals surface area contributed by atoms with Gasteiger partial charge in [-0.05, 0) is 43.3 Å². The molecule has 2 aromatic heterocycles. The molecule has 4 heterocycles. The number of ether oxygens (including phenoxy) is 2. The van der Waals surface area contributed by atoms with Crippen LogP contribution in [0, 0.1) is 0 Å². The van der Waals surface area contributed by atoms with E-state index < -0.39 is 6.10 Å². The number of carbonyl (C=O) groups excluding carboxylic acids is 1. The fraction of sp³-hybridized carbons (Fsp3) is 0.381. The first-order chi connectivity index (χ1) is 14.2. The summed E-state index contributed by atoms with van der Waals surface area (Å²) in [6.07, 6.45) is 0.779. The van der Waals surface area contributed by atoms with Gasteiger partial charge in [-0.25, -0.2) is 0 Å². The Balaban J connectivity index is 1.30. The van der Waals surface area contributed by atoms with E-state index >= 15 is 0 Å². The number of rotatable bonds is 3. The number of nitrogens with zero attached hydrogens (tertiary/aromatic N) is 3. The number of fused-ring (bicyclic) bond motifs is 1. The molecular formula is C21H21N3O4S. The van der Waals surface area contributed by atoms with Crippen LogP contribution < -0.4 is 9.47 Å². The zero-order valence-corrected chi connectivity index (χ0v) is 16.8. The normalized spacial score (nSPS) is 23.8. The number of likely N-dealkylation sites (tertiary alicyclic amines) is 1. The molecule has 3 atom stereocenters. The Labute approximate surface area is 172 Å². The molecule has 5 rings (SSSR count). The average Bonchev–Trinajstić information content (AvgIpc) is 3.45. The van der Waals surface area contributed by atoms with Crippen molar-refractivity contribution in [2.24, 2.45) is 0 Å². The van der Waals surface area contributed by atoms with E-state index in [9.17, 15) is 4.79 Å². The number of thiophene rings is 1. The summed E-state index contributed by atoms with van der Waals surface area (Å²) < 4.78 is 17.8. The SMILES string of the molecule is CC1Oc2ccccc2OC1C(=O)N1CCCC(c2nnc(-c3cccs3)o2)C1. The third-order valence-electron chi connectivity index (χ3n) is 5.34. The highest BCUT2D eigenvalue weighted by Gasteiger charge is 2.39. The first-order valence-electron chi connectivity index (χ1n) is 9.77. The van der Waals surface area contributed by atoms with Crippen LogP contribution in [-0.2, 0) is 4.79 Å². The van der Waals surface area contributed by atoms with E-state index in [0.717, 1.165) is 17.7 Å². The predicted molar refractivity (Wildman–Crippen MR) is 107 cm³/mol. The van der Waals surface area contributed by atoms with Gasteiger partial charge < -0.3 is 18.8 Å². The molecule has 1 aromatic carbocycles. The van der Waals surface area contributed by atoms with E-state index in [0.29, 0.717) is 36.4 Å². The smallest absolute Gasteiger partial charge is 0.267 e. The van der Waals surface area contributed by atoms with Gasteiger partial charge in [0.15, 0.2) is 11.5 Å². The van der Waals surface area contributed by atoms with Crippen molar-refractivity contribution in [1.29, 1.82) is 0 Å². The topological polar surface area (TPSA) is 77.7 Å². The molecule has 29 heavy (non-hydrogen) atoms. The van der Waals surface area contributed by atoms with Crippen molar-refractivity contribution in [3.63, 3.8) is 0 Å². The highest BCUT2D eigenvalue weighted by molar-refractivity contribution is 7.13. The number of para-hydroxylation sites is 2. The van der Waals surface area contributed by atoms with Crippen molar-refractivity contribution >= 4 is 17.2 Å². The Bertz CT molecular complexity index is 1000. The lowest BCUT2D eigenvalue weighted by molar-refractivity contribution is -0.145. The summed E-state index contributed by atoms with van der Waals surface area (Å²) in [7, 11) is 0.